The molecule has 1 N–H and O–H groups in total. The number of nitrogens with zero attached hydrogens (tertiary/aromatic N) is 2. The van der Waals surface area contributed by atoms with Gasteiger partial charge in [0.1, 0.15) is 11.5 Å². The van der Waals surface area contributed by atoms with Gasteiger partial charge in [-0.25, -0.2) is 4.98 Å². The van der Waals surface area contributed by atoms with Crippen molar-refractivity contribution in [2.45, 2.75) is 19.9 Å². The molecule has 2 heterocycles. The first-order valence-corrected chi connectivity index (χ1v) is 6.14. The molecule has 0 saturated heterocycles. The van der Waals surface area contributed by atoms with Crippen LogP contribution in [0.15, 0.2) is 34.9 Å². The summed E-state index contributed by atoms with van der Waals surface area (Å²) in [5.74, 6) is 2.89. The number of hydrogen-bond acceptors (Lipinski definition) is 4. The van der Waals surface area contributed by atoms with E-state index < -0.39 is 0 Å². The van der Waals surface area contributed by atoms with Gasteiger partial charge in [-0.1, -0.05) is 6.92 Å². The highest BCUT2D eigenvalue weighted by atomic mass is 16.3. The molecular formula is C14H19N3O. The van der Waals surface area contributed by atoms with Gasteiger partial charge in [0.15, 0.2) is 5.82 Å². The lowest BCUT2D eigenvalue weighted by Gasteiger charge is -2.16. The molecular weight excluding hydrogens is 226 g/mol. The molecule has 0 aliphatic carbocycles. The van der Waals surface area contributed by atoms with Gasteiger partial charge in [-0.2, -0.15) is 0 Å². The number of pyridine rings is 1. The zero-order valence-corrected chi connectivity index (χ0v) is 11.1. The molecule has 4 heteroatoms. The summed E-state index contributed by atoms with van der Waals surface area (Å²) in [4.78, 5) is 6.33. The summed E-state index contributed by atoms with van der Waals surface area (Å²) in [7, 11) is 3.96. The maximum Gasteiger partial charge on any atom is 0.151 e. The predicted molar refractivity (Wildman–Crippen MR) is 74.0 cm³/mol. The van der Waals surface area contributed by atoms with E-state index >= 15 is 0 Å². The van der Waals surface area contributed by atoms with Crippen LogP contribution < -0.4 is 10.2 Å². The summed E-state index contributed by atoms with van der Waals surface area (Å²) in [6, 6.07) is 7.98. The van der Waals surface area contributed by atoms with E-state index in [0.717, 1.165) is 29.4 Å². The largest absolute Gasteiger partial charge is 0.464 e. The lowest BCUT2D eigenvalue weighted by molar-refractivity contribution is 0.476. The monoisotopic (exact) mass is 245 g/mol. The third-order valence-electron chi connectivity index (χ3n) is 2.73. The van der Waals surface area contributed by atoms with Gasteiger partial charge in [-0.3, -0.25) is 0 Å². The van der Waals surface area contributed by atoms with Crippen molar-refractivity contribution in [3.8, 4) is 0 Å². The Labute approximate surface area is 108 Å². The van der Waals surface area contributed by atoms with Crippen molar-refractivity contribution < 1.29 is 4.42 Å². The number of nitrogens with one attached hydrogen (secondary N) is 1. The molecule has 0 saturated carbocycles. The van der Waals surface area contributed by atoms with Gasteiger partial charge in [-0.05, 0) is 24.3 Å². The number of aromatic nitrogens is 1. The fraction of sp³-hybridized carbons (Fsp3) is 0.357. The first-order valence-electron chi connectivity index (χ1n) is 6.14. The molecule has 0 bridgehead atoms. The highest BCUT2D eigenvalue weighted by Gasteiger charge is 2.06. The molecule has 0 spiro atoms. The van der Waals surface area contributed by atoms with Crippen LogP contribution in [0.25, 0.3) is 0 Å². The summed E-state index contributed by atoms with van der Waals surface area (Å²) in [5.41, 5.74) is 1.01. The smallest absolute Gasteiger partial charge is 0.151 e. The van der Waals surface area contributed by atoms with Crippen molar-refractivity contribution in [3.05, 3.63) is 42.0 Å². The Balaban J connectivity index is 2.05. The Morgan fingerprint density at radius 2 is 2.00 bits per heavy atom. The van der Waals surface area contributed by atoms with Crippen LogP contribution in [0.4, 0.5) is 11.5 Å². The molecule has 96 valence electrons. The molecule has 18 heavy (non-hydrogen) atoms. The van der Waals surface area contributed by atoms with Gasteiger partial charge in [0.05, 0.1) is 12.2 Å². The minimum atomic E-state index is 0.673. The number of aryl methyl sites for hydroxylation is 1. The Morgan fingerprint density at radius 1 is 1.22 bits per heavy atom. The molecule has 0 amide bonds. The van der Waals surface area contributed by atoms with E-state index in [1.165, 1.54) is 0 Å². The minimum absolute atomic E-state index is 0.673. The van der Waals surface area contributed by atoms with Crippen LogP contribution in [-0.2, 0) is 13.0 Å². The summed E-state index contributed by atoms with van der Waals surface area (Å²) in [5, 5.41) is 3.35. The number of rotatable bonds is 5. The van der Waals surface area contributed by atoms with Crippen LogP contribution in [0.3, 0.4) is 0 Å². The van der Waals surface area contributed by atoms with Gasteiger partial charge < -0.3 is 14.6 Å². The Hall–Kier alpha value is -1.97. The maximum absolute atomic E-state index is 5.66. The first-order chi connectivity index (χ1) is 8.70. The third kappa shape index (κ3) is 2.83. The molecule has 0 unspecified atom stereocenters. The number of hydrogen-bond donors (Lipinski definition) is 1. The number of anilines is 2. The lowest BCUT2D eigenvalue weighted by atomic mass is 10.3. The zero-order valence-electron chi connectivity index (χ0n) is 11.1. The molecule has 0 fully saturated rings. The van der Waals surface area contributed by atoms with Crippen molar-refractivity contribution in [2.24, 2.45) is 0 Å². The molecule has 2 aromatic heterocycles. The molecule has 2 aromatic rings. The van der Waals surface area contributed by atoms with E-state index in [9.17, 15) is 0 Å². The van der Waals surface area contributed by atoms with E-state index in [2.05, 4.69) is 17.2 Å². The summed E-state index contributed by atoms with van der Waals surface area (Å²) in [6.07, 6.45) is 2.72. The highest BCUT2D eigenvalue weighted by Crippen LogP contribution is 2.21. The van der Waals surface area contributed by atoms with Gasteiger partial charge in [-0.15, -0.1) is 0 Å². The van der Waals surface area contributed by atoms with Crippen LogP contribution in [0.5, 0.6) is 0 Å². The predicted octanol–water partition coefficient (Wildman–Crippen LogP) is 2.92. The molecule has 0 aliphatic rings. The van der Waals surface area contributed by atoms with Crippen molar-refractivity contribution >= 4 is 11.5 Å². The van der Waals surface area contributed by atoms with Crippen LogP contribution in [0.2, 0.25) is 0 Å². The normalized spacial score (nSPS) is 10.4. The standard InChI is InChI=1S/C14H19N3O/c1-4-11-7-8-12(18-11)10-16-13-6-5-9-15-14(13)17(2)3/h5-9,16H,4,10H2,1-3H3. The summed E-state index contributed by atoms with van der Waals surface area (Å²) < 4.78 is 5.66. The fourth-order valence-electron chi connectivity index (χ4n) is 1.78. The highest BCUT2D eigenvalue weighted by molar-refractivity contribution is 5.64. The second-order valence-corrected chi connectivity index (χ2v) is 4.34. The second-order valence-electron chi connectivity index (χ2n) is 4.34. The van der Waals surface area contributed by atoms with E-state index in [1.54, 1.807) is 6.20 Å². The number of furan rings is 1. The second kappa shape index (κ2) is 5.58. The van der Waals surface area contributed by atoms with Gasteiger partial charge in [0.25, 0.3) is 0 Å². The third-order valence-corrected chi connectivity index (χ3v) is 2.73. The molecule has 0 aromatic carbocycles. The average molecular weight is 245 g/mol. The van der Waals surface area contributed by atoms with E-state index in [0.29, 0.717) is 6.54 Å². The topological polar surface area (TPSA) is 41.3 Å². The molecule has 2 rings (SSSR count). The maximum atomic E-state index is 5.66. The first kappa shape index (κ1) is 12.5. The van der Waals surface area contributed by atoms with Crippen LogP contribution in [0.1, 0.15) is 18.4 Å². The van der Waals surface area contributed by atoms with E-state index in [-0.39, 0.29) is 0 Å². The van der Waals surface area contributed by atoms with Gasteiger partial charge in [0, 0.05) is 26.7 Å². The SMILES string of the molecule is CCc1ccc(CNc2cccnc2N(C)C)o1. The molecule has 4 nitrogen and oxygen atoms in total. The van der Waals surface area contributed by atoms with E-state index in [1.807, 2.05) is 43.3 Å². The van der Waals surface area contributed by atoms with Crippen LogP contribution in [0, 0.1) is 0 Å². The molecule has 0 radical (unpaired) electrons. The van der Waals surface area contributed by atoms with Gasteiger partial charge >= 0.3 is 0 Å². The molecule has 0 atom stereocenters. The van der Waals surface area contributed by atoms with E-state index in [4.69, 9.17) is 4.42 Å². The fourth-order valence-corrected chi connectivity index (χ4v) is 1.78. The van der Waals surface area contributed by atoms with Gasteiger partial charge in [0.2, 0.25) is 0 Å². The minimum Gasteiger partial charge on any atom is -0.464 e. The average Bonchev–Trinajstić information content (AvgIpc) is 2.84. The summed E-state index contributed by atoms with van der Waals surface area (Å²) >= 11 is 0. The van der Waals surface area contributed by atoms with Crippen LogP contribution >= 0.6 is 0 Å². The van der Waals surface area contributed by atoms with Crippen molar-refractivity contribution in [1.29, 1.82) is 0 Å². The van der Waals surface area contributed by atoms with Crippen LogP contribution in [-0.4, -0.2) is 19.1 Å². The van der Waals surface area contributed by atoms with Crippen molar-refractivity contribution in [1.82, 2.24) is 4.98 Å². The Morgan fingerprint density at radius 3 is 2.67 bits per heavy atom. The van der Waals surface area contributed by atoms with Crippen molar-refractivity contribution in [3.63, 3.8) is 0 Å². The zero-order chi connectivity index (χ0) is 13.0. The lowest BCUT2D eigenvalue weighted by Crippen LogP contribution is -2.13. The Bertz CT molecular complexity index is 505. The summed E-state index contributed by atoms with van der Waals surface area (Å²) in [6.45, 7) is 2.76. The van der Waals surface area contributed by atoms with Crippen molar-refractivity contribution in [2.75, 3.05) is 24.3 Å². The Kier molecular flexibility index (Phi) is 3.87. The quantitative estimate of drug-likeness (QED) is 0.879. The molecule has 0 aliphatic heterocycles.